The molecule has 1 atom stereocenters. The first-order chi connectivity index (χ1) is 15.0. The summed E-state index contributed by atoms with van der Waals surface area (Å²) in [5.74, 6) is -0.764. The highest BCUT2D eigenvalue weighted by molar-refractivity contribution is 6.09. The quantitative estimate of drug-likeness (QED) is 0.658. The summed E-state index contributed by atoms with van der Waals surface area (Å²) in [6.45, 7) is 0. The number of ether oxygens (including phenoxy) is 1. The van der Waals surface area contributed by atoms with Crippen molar-refractivity contribution in [1.82, 2.24) is 15.1 Å². The van der Waals surface area contributed by atoms with E-state index in [2.05, 4.69) is 15.7 Å². The predicted molar refractivity (Wildman–Crippen MR) is 114 cm³/mol. The number of amides is 2. The standard InChI is InChI=1S/C23H23FN4O3/c1-28-21-5-3-4-19(18(21)13-25-28)26-23(30)17-11-8-15(24)12-20(17)27-22(29)14-6-9-16(31-2)10-7-14/h6-13,19H,3-5H2,1-2H3,(H,26,30)(H,27,29). The third-order valence-corrected chi connectivity index (χ3v) is 5.51. The topological polar surface area (TPSA) is 85.2 Å². The molecule has 0 fully saturated rings. The SMILES string of the molecule is COc1ccc(C(=O)Nc2cc(F)ccc2C(=O)NC2CCCc3c2cnn3C)cc1. The van der Waals surface area contributed by atoms with Gasteiger partial charge < -0.3 is 15.4 Å². The van der Waals surface area contributed by atoms with E-state index in [1.54, 1.807) is 30.5 Å². The van der Waals surface area contributed by atoms with Gasteiger partial charge in [-0.05, 0) is 61.7 Å². The van der Waals surface area contributed by atoms with Crippen molar-refractivity contribution in [3.05, 3.63) is 76.9 Å². The van der Waals surface area contributed by atoms with Crippen LogP contribution in [0, 0.1) is 5.82 Å². The Balaban J connectivity index is 1.55. The first kappa shape index (κ1) is 20.6. The van der Waals surface area contributed by atoms with Crippen LogP contribution in [0.25, 0.3) is 0 Å². The highest BCUT2D eigenvalue weighted by atomic mass is 19.1. The van der Waals surface area contributed by atoms with Crippen LogP contribution < -0.4 is 15.4 Å². The van der Waals surface area contributed by atoms with Crippen molar-refractivity contribution in [2.24, 2.45) is 7.05 Å². The fourth-order valence-corrected chi connectivity index (χ4v) is 3.85. The van der Waals surface area contributed by atoms with Crippen LogP contribution in [0.4, 0.5) is 10.1 Å². The van der Waals surface area contributed by atoms with Crippen molar-refractivity contribution in [1.29, 1.82) is 0 Å². The Morgan fingerprint density at radius 3 is 2.68 bits per heavy atom. The molecule has 0 aliphatic heterocycles. The van der Waals surface area contributed by atoms with Gasteiger partial charge in [-0.3, -0.25) is 14.3 Å². The van der Waals surface area contributed by atoms with Gasteiger partial charge in [0.05, 0.1) is 30.6 Å². The Hall–Kier alpha value is -3.68. The second-order valence-corrected chi connectivity index (χ2v) is 7.46. The van der Waals surface area contributed by atoms with E-state index in [0.717, 1.165) is 36.6 Å². The first-order valence-electron chi connectivity index (χ1n) is 10.0. The van der Waals surface area contributed by atoms with Crippen molar-refractivity contribution in [3.8, 4) is 5.75 Å². The molecule has 3 aromatic rings. The maximum absolute atomic E-state index is 13.9. The van der Waals surface area contributed by atoms with Gasteiger partial charge in [0.15, 0.2) is 0 Å². The summed E-state index contributed by atoms with van der Waals surface area (Å²) in [6, 6.07) is 10.0. The first-order valence-corrected chi connectivity index (χ1v) is 10.0. The molecule has 2 amide bonds. The monoisotopic (exact) mass is 422 g/mol. The maximum atomic E-state index is 13.9. The Bertz CT molecular complexity index is 1120. The highest BCUT2D eigenvalue weighted by Crippen LogP contribution is 2.30. The molecule has 0 saturated carbocycles. The molecule has 2 N–H and O–H groups in total. The minimum absolute atomic E-state index is 0.112. The van der Waals surface area contributed by atoms with Gasteiger partial charge in [-0.1, -0.05) is 0 Å². The molecular weight excluding hydrogens is 399 g/mol. The Kier molecular flexibility index (Phi) is 5.70. The van der Waals surface area contributed by atoms with E-state index in [1.807, 2.05) is 11.7 Å². The number of carbonyl (C=O) groups excluding carboxylic acids is 2. The molecule has 0 saturated heterocycles. The van der Waals surface area contributed by atoms with E-state index < -0.39 is 11.7 Å². The molecule has 1 aromatic heterocycles. The van der Waals surface area contributed by atoms with E-state index in [1.165, 1.54) is 19.2 Å². The second kappa shape index (κ2) is 8.59. The minimum Gasteiger partial charge on any atom is -0.497 e. The number of methoxy groups -OCH3 is 1. The van der Waals surface area contributed by atoms with Crippen molar-refractivity contribution in [2.75, 3.05) is 12.4 Å². The number of carbonyl (C=O) groups is 2. The predicted octanol–water partition coefficient (Wildman–Crippen LogP) is 3.63. The lowest BCUT2D eigenvalue weighted by Crippen LogP contribution is -2.31. The Labute approximate surface area is 179 Å². The van der Waals surface area contributed by atoms with Crippen LogP contribution in [0.5, 0.6) is 5.75 Å². The Morgan fingerprint density at radius 1 is 1.16 bits per heavy atom. The molecule has 4 rings (SSSR count). The van der Waals surface area contributed by atoms with E-state index in [4.69, 9.17) is 4.74 Å². The van der Waals surface area contributed by atoms with E-state index >= 15 is 0 Å². The lowest BCUT2D eigenvalue weighted by atomic mass is 9.92. The fraction of sp³-hybridized carbons (Fsp3) is 0.261. The van der Waals surface area contributed by atoms with Gasteiger partial charge in [-0.15, -0.1) is 0 Å². The maximum Gasteiger partial charge on any atom is 0.255 e. The van der Waals surface area contributed by atoms with Crippen molar-refractivity contribution >= 4 is 17.5 Å². The van der Waals surface area contributed by atoms with Gasteiger partial charge in [0.1, 0.15) is 11.6 Å². The molecule has 1 aliphatic carbocycles. The summed E-state index contributed by atoms with van der Waals surface area (Å²) >= 11 is 0. The van der Waals surface area contributed by atoms with Crippen molar-refractivity contribution in [2.45, 2.75) is 25.3 Å². The van der Waals surface area contributed by atoms with E-state index in [-0.39, 0.29) is 23.2 Å². The smallest absolute Gasteiger partial charge is 0.255 e. The number of nitrogens with zero attached hydrogens (tertiary/aromatic N) is 2. The number of aryl methyl sites for hydroxylation is 1. The summed E-state index contributed by atoms with van der Waals surface area (Å²) in [7, 11) is 3.42. The van der Waals surface area contributed by atoms with Gasteiger partial charge in [0.25, 0.3) is 11.8 Å². The van der Waals surface area contributed by atoms with Crippen LogP contribution in [0.2, 0.25) is 0 Å². The molecule has 1 aliphatic rings. The molecule has 1 heterocycles. The normalized spacial score (nSPS) is 15.1. The Morgan fingerprint density at radius 2 is 1.94 bits per heavy atom. The molecule has 1 unspecified atom stereocenters. The minimum atomic E-state index is -0.547. The zero-order valence-electron chi connectivity index (χ0n) is 17.3. The average molecular weight is 422 g/mol. The second-order valence-electron chi connectivity index (χ2n) is 7.46. The van der Waals surface area contributed by atoms with Crippen LogP contribution in [-0.2, 0) is 13.5 Å². The van der Waals surface area contributed by atoms with Crippen LogP contribution >= 0.6 is 0 Å². The lowest BCUT2D eigenvalue weighted by Gasteiger charge is -2.24. The lowest BCUT2D eigenvalue weighted by molar-refractivity contribution is 0.0933. The zero-order chi connectivity index (χ0) is 22.0. The molecule has 31 heavy (non-hydrogen) atoms. The van der Waals surface area contributed by atoms with Crippen molar-refractivity contribution in [3.63, 3.8) is 0 Å². The van der Waals surface area contributed by atoms with Crippen LogP contribution in [0.1, 0.15) is 50.9 Å². The zero-order valence-corrected chi connectivity index (χ0v) is 17.3. The number of hydrogen-bond donors (Lipinski definition) is 2. The summed E-state index contributed by atoms with van der Waals surface area (Å²) < 4.78 is 20.8. The largest absolute Gasteiger partial charge is 0.497 e. The molecule has 2 aromatic carbocycles. The number of fused-ring (bicyclic) bond motifs is 1. The summed E-state index contributed by atoms with van der Waals surface area (Å²) in [5, 5.41) is 9.95. The van der Waals surface area contributed by atoms with Gasteiger partial charge >= 0.3 is 0 Å². The van der Waals surface area contributed by atoms with Gasteiger partial charge in [-0.25, -0.2) is 4.39 Å². The number of halogens is 1. The van der Waals surface area contributed by atoms with Crippen LogP contribution in [0.15, 0.2) is 48.7 Å². The molecule has 160 valence electrons. The molecule has 8 heteroatoms. The number of rotatable bonds is 5. The number of nitrogens with one attached hydrogen (secondary N) is 2. The number of hydrogen-bond acceptors (Lipinski definition) is 4. The van der Waals surface area contributed by atoms with Gasteiger partial charge in [0.2, 0.25) is 0 Å². The molecular formula is C23H23FN4O3. The van der Waals surface area contributed by atoms with E-state index in [0.29, 0.717) is 11.3 Å². The molecule has 7 nitrogen and oxygen atoms in total. The van der Waals surface area contributed by atoms with Crippen LogP contribution in [-0.4, -0.2) is 28.7 Å². The number of aromatic nitrogens is 2. The molecule has 0 spiro atoms. The summed E-state index contributed by atoms with van der Waals surface area (Å²) in [4.78, 5) is 25.7. The molecule has 0 bridgehead atoms. The van der Waals surface area contributed by atoms with Crippen molar-refractivity contribution < 1.29 is 18.7 Å². The summed E-state index contributed by atoms with van der Waals surface area (Å²) in [6.07, 6.45) is 4.41. The highest BCUT2D eigenvalue weighted by Gasteiger charge is 2.26. The number of benzene rings is 2. The third kappa shape index (κ3) is 4.28. The third-order valence-electron chi connectivity index (χ3n) is 5.51. The van der Waals surface area contributed by atoms with Crippen LogP contribution in [0.3, 0.4) is 0 Å². The van der Waals surface area contributed by atoms with Gasteiger partial charge in [0, 0.05) is 23.9 Å². The average Bonchev–Trinajstić information content (AvgIpc) is 3.15. The molecule has 0 radical (unpaired) electrons. The van der Waals surface area contributed by atoms with Gasteiger partial charge in [-0.2, -0.15) is 5.10 Å². The summed E-state index contributed by atoms with van der Waals surface area (Å²) in [5.41, 5.74) is 2.76. The van der Waals surface area contributed by atoms with E-state index in [9.17, 15) is 14.0 Å². The number of anilines is 1. The fourth-order valence-electron chi connectivity index (χ4n) is 3.85.